The Labute approximate surface area is 106 Å². The normalized spacial score (nSPS) is 19.4. The molecule has 1 N–H and O–H groups in total. The molecule has 1 aliphatic rings. The molecule has 1 rings (SSSR count). The van der Waals surface area contributed by atoms with Crippen molar-refractivity contribution in [1.29, 1.82) is 5.26 Å². The van der Waals surface area contributed by atoms with Gasteiger partial charge in [-0.2, -0.15) is 5.26 Å². The van der Waals surface area contributed by atoms with E-state index in [1.165, 1.54) is 12.8 Å². The van der Waals surface area contributed by atoms with E-state index in [0.29, 0.717) is 12.1 Å². The van der Waals surface area contributed by atoms with Gasteiger partial charge in [0.05, 0.1) is 6.07 Å². The van der Waals surface area contributed by atoms with Gasteiger partial charge in [-0.15, -0.1) is 0 Å². The number of nitriles is 1. The zero-order valence-electron chi connectivity index (χ0n) is 11.8. The molecule has 0 aromatic rings. The van der Waals surface area contributed by atoms with Gasteiger partial charge < -0.3 is 4.90 Å². The molecular weight excluding hydrogens is 210 g/mol. The first-order valence-corrected chi connectivity index (χ1v) is 6.92. The molecule has 0 bridgehead atoms. The Morgan fingerprint density at radius 1 is 1.47 bits per heavy atom. The standard InChI is InChI=1S/C14H27N3/c1-5-14(11-15,16-13-7-8-13)9-6-10-17(4)12(2)3/h12-13,16H,5-10H2,1-4H3. The SMILES string of the molecule is CCC(C#N)(CCCN(C)C(C)C)NC1CC1. The van der Waals surface area contributed by atoms with Gasteiger partial charge in [-0.1, -0.05) is 6.92 Å². The van der Waals surface area contributed by atoms with Crippen molar-refractivity contribution in [2.45, 2.75) is 70.5 Å². The zero-order valence-corrected chi connectivity index (χ0v) is 11.8. The molecule has 0 aliphatic heterocycles. The minimum Gasteiger partial charge on any atom is -0.304 e. The third-order valence-electron chi connectivity index (χ3n) is 3.87. The van der Waals surface area contributed by atoms with Crippen LogP contribution >= 0.6 is 0 Å². The molecule has 3 heteroatoms. The van der Waals surface area contributed by atoms with Gasteiger partial charge in [0, 0.05) is 12.1 Å². The lowest BCUT2D eigenvalue weighted by Crippen LogP contribution is -2.45. The quantitative estimate of drug-likeness (QED) is 0.705. The van der Waals surface area contributed by atoms with Crippen molar-refractivity contribution in [3.05, 3.63) is 0 Å². The number of rotatable bonds is 8. The highest BCUT2D eigenvalue weighted by Crippen LogP contribution is 2.26. The minimum absolute atomic E-state index is 0.279. The molecule has 0 aromatic heterocycles. The Morgan fingerprint density at radius 3 is 2.53 bits per heavy atom. The summed E-state index contributed by atoms with van der Waals surface area (Å²) in [6, 6.07) is 3.71. The molecule has 1 aliphatic carbocycles. The summed E-state index contributed by atoms with van der Waals surface area (Å²) in [7, 11) is 2.15. The molecule has 1 fully saturated rings. The van der Waals surface area contributed by atoms with Crippen LogP contribution in [-0.2, 0) is 0 Å². The van der Waals surface area contributed by atoms with E-state index in [-0.39, 0.29) is 5.54 Å². The molecule has 17 heavy (non-hydrogen) atoms. The summed E-state index contributed by atoms with van der Waals surface area (Å²) in [6.45, 7) is 7.61. The highest BCUT2D eigenvalue weighted by Gasteiger charge is 2.34. The number of hydrogen-bond acceptors (Lipinski definition) is 3. The summed E-state index contributed by atoms with van der Waals surface area (Å²) in [5.41, 5.74) is -0.279. The molecule has 98 valence electrons. The van der Waals surface area contributed by atoms with Crippen LogP contribution in [0.3, 0.4) is 0 Å². The van der Waals surface area contributed by atoms with E-state index in [9.17, 15) is 5.26 Å². The number of nitrogens with one attached hydrogen (secondary N) is 1. The van der Waals surface area contributed by atoms with E-state index < -0.39 is 0 Å². The van der Waals surface area contributed by atoms with E-state index in [2.05, 4.69) is 44.1 Å². The minimum atomic E-state index is -0.279. The Hall–Kier alpha value is -0.590. The molecule has 0 amide bonds. The molecule has 0 radical (unpaired) electrons. The average molecular weight is 237 g/mol. The lowest BCUT2D eigenvalue weighted by atomic mass is 9.91. The number of hydrogen-bond donors (Lipinski definition) is 1. The van der Waals surface area contributed by atoms with Gasteiger partial charge in [0.25, 0.3) is 0 Å². The summed E-state index contributed by atoms with van der Waals surface area (Å²) >= 11 is 0. The first-order chi connectivity index (χ1) is 8.03. The van der Waals surface area contributed by atoms with Gasteiger partial charge >= 0.3 is 0 Å². The zero-order chi connectivity index (χ0) is 12.9. The second kappa shape index (κ2) is 6.37. The Kier molecular flexibility index (Phi) is 5.42. The second-order valence-corrected chi connectivity index (χ2v) is 5.64. The van der Waals surface area contributed by atoms with Crippen LogP contribution in [-0.4, -0.2) is 36.1 Å². The van der Waals surface area contributed by atoms with Crippen molar-refractivity contribution in [2.24, 2.45) is 0 Å². The summed E-state index contributed by atoms with van der Waals surface area (Å²) in [5.74, 6) is 0. The van der Waals surface area contributed by atoms with Crippen molar-refractivity contribution in [2.75, 3.05) is 13.6 Å². The van der Waals surface area contributed by atoms with Crippen LogP contribution in [0.5, 0.6) is 0 Å². The van der Waals surface area contributed by atoms with E-state index in [0.717, 1.165) is 25.8 Å². The smallest absolute Gasteiger partial charge is 0.106 e. The van der Waals surface area contributed by atoms with Gasteiger partial charge in [-0.3, -0.25) is 5.32 Å². The molecular formula is C14H27N3. The average Bonchev–Trinajstić information content (AvgIpc) is 3.11. The van der Waals surface area contributed by atoms with E-state index >= 15 is 0 Å². The molecule has 0 spiro atoms. The fourth-order valence-corrected chi connectivity index (χ4v) is 2.03. The lowest BCUT2D eigenvalue weighted by Gasteiger charge is -2.28. The van der Waals surface area contributed by atoms with Crippen LogP contribution in [0.4, 0.5) is 0 Å². The van der Waals surface area contributed by atoms with Crippen molar-refractivity contribution in [3.8, 4) is 6.07 Å². The van der Waals surface area contributed by atoms with Crippen molar-refractivity contribution in [3.63, 3.8) is 0 Å². The summed E-state index contributed by atoms with van der Waals surface area (Å²) in [5, 5.41) is 12.9. The van der Waals surface area contributed by atoms with E-state index in [4.69, 9.17) is 0 Å². The maximum atomic E-state index is 9.40. The monoisotopic (exact) mass is 237 g/mol. The Morgan fingerprint density at radius 2 is 2.12 bits per heavy atom. The maximum absolute atomic E-state index is 9.40. The van der Waals surface area contributed by atoms with Crippen LogP contribution in [0.2, 0.25) is 0 Å². The molecule has 1 unspecified atom stereocenters. The molecule has 3 nitrogen and oxygen atoms in total. The predicted molar refractivity (Wildman–Crippen MR) is 71.8 cm³/mol. The van der Waals surface area contributed by atoms with Gasteiger partial charge in [-0.05, 0) is 59.5 Å². The summed E-state index contributed by atoms with van der Waals surface area (Å²) in [4.78, 5) is 2.34. The topological polar surface area (TPSA) is 39.1 Å². The van der Waals surface area contributed by atoms with E-state index in [1.807, 2.05) is 0 Å². The number of nitrogens with zero attached hydrogens (tertiary/aromatic N) is 2. The van der Waals surface area contributed by atoms with Crippen LogP contribution in [0, 0.1) is 11.3 Å². The van der Waals surface area contributed by atoms with Crippen LogP contribution < -0.4 is 5.32 Å². The fourth-order valence-electron chi connectivity index (χ4n) is 2.03. The van der Waals surface area contributed by atoms with Crippen molar-refractivity contribution in [1.82, 2.24) is 10.2 Å². The van der Waals surface area contributed by atoms with Crippen molar-refractivity contribution >= 4 is 0 Å². The molecule has 1 saturated carbocycles. The highest BCUT2D eigenvalue weighted by molar-refractivity contribution is 5.09. The van der Waals surface area contributed by atoms with E-state index in [1.54, 1.807) is 0 Å². The van der Waals surface area contributed by atoms with Crippen LogP contribution in [0.15, 0.2) is 0 Å². The third-order valence-corrected chi connectivity index (χ3v) is 3.87. The molecule has 0 heterocycles. The van der Waals surface area contributed by atoms with Crippen molar-refractivity contribution < 1.29 is 0 Å². The summed E-state index contributed by atoms with van der Waals surface area (Å²) < 4.78 is 0. The molecule has 0 saturated heterocycles. The van der Waals surface area contributed by atoms with Gasteiger partial charge in [0.15, 0.2) is 0 Å². The second-order valence-electron chi connectivity index (χ2n) is 5.64. The lowest BCUT2D eigenvalue weighted by molar-refractivity contribution is 0.252. The third kappa shape index (κ3) is 4.65. The summed E-state index contributed by atoms with van der Waals surface area (Å²) in [6.07, 6.45) is 5.46. The van der Waals surface area contributed by atoms with Crippen LogP contribution in [0.1, 0.15) is 52.9 Å². The predicted octanol–water partition coefficient (Wildman–Crippen LogP) is 2.53. The van der Waals surface area contributed by atoms with Gasteiger partial charge in [0.2, 0.25) is 0 Å². The maximum Gasteiger partial charge on any atom is 0.106 e. The fraction of sp³-hybridized carbons (Fsp3) is 0.929. The largest absolute Gasteiger partial charge is 0.304 e. The molecule has 0 aromatic carbocycles. The van der Waals surface area contributed by atoms with Crippen LogP contribution in [0.25, 0.3) is 0 Å². The first-order valence-electron chi connectivity index (χ1n) is 6.92. The Balaban J connectivity index is 2.36. The van der Waals surface area contributed by atoms with Gasteiger partial charge in [-0.25, -0.2) is 0 Å². The van der Waals surface area contributed by atoms with Gasteiger partial charge in [0.1, 0.15) is 5.54 Å². The highest BCUT2D eigenvalue weighted by atomic mass is 15.1. The first kappa shape index (κ1) is 14.5. The Bertz CT molecular complexity index is 265. The molecule has 1 atom stereocenters.